The second-order valence-electron chi connectivity index (χ2n) is 4.93. The first-order chi connectivity index (χ1) is 9.43. The van der Waals surface area contributed by atoms with Gasteiger partial charge in [-0.3, -0.25) is 0 Å². The molecule has 4 rings (SSSR count). The van der Waals surface area contributed by atoms with Crippen LogP contribution in [0.3, 0.4) is 0 Å². The predicted octanol–water partition coefficient (Wildman–Crippen LogP) is 4.43. The molecule has 0 nitrogen and oxygen atoms in total. The minimum absolute atomic E-state index is 0.260. The van der Waals surface area contributed by atoms with E-state index in [0.717, 1.165) is 0 Å². The predicted molar refractivity (Wildman–Crippen MR) is 82.9 cm³/mol. The molecule has 1 heteroatoms. The van der Waals surface area contributed by atoms with E-state index in [0.29, 0.717) is 0 Å². The second-order valence-corrected chi connectivity index (χ2v) is 7.00. The van der Waals surface area contributed by atoms with Crippen molar-refractivity contribution in [2.75, 3.05) is 5.75 Å². The average molecular weight is 263 g/mol. The highest BCUT2D eigenvalue weighted by molar-refractivity contribution is 7.97. The van der Waals surface area contributed by atoms with Gasteiger partial charge in [-0.05, 0) is 23.6 Å². The van der Waals surface area contributed by atoms with Gasteiger partial charge in [0.25, 0.3) is 0 Å². The Morgan fingerprint density at radius 2 is 1.42 bits per heavy atom. The summed E-state index contributed by atoms with van der Waals surface area (Å²) in [6, 6.07) is 24.4. The molecule has 0 radical (unpaired) electrons. The van der Waals surface area contributed by atoms with E-state index in [1.807, 2.05) is 0 Å². The summed E-state index contributed by atoms with van der Waals surface area (Å²) in [6.45, 7) is 0. The monoisotopic (exact) mass is 263 g/mol. The van der Waals surface area contributed by atoms with Crippen molar-refractivity contribution in [3.8, 4) is 0 Å². The third kappa shape index (κ3) is 1.77. The molecule has 3 aromatic rings. The highest BCUT2D eigenvalue weighted by atomic mass is 32.2. The summed E-state index contributed by atoms with van der Waals surface area (Å²) in [7, 11) is 0.260. The minimum atomic E-state index is 0.260. The lowest BCUT2D eigenvalue weighted by atomic mass is 10.1. The van der Waals surface area contributed by atoms with Gasteiger partial charge >= 0.3 is 0 Å². The van der Waals surface area contributed by atoms with Crippen LogP contribution in [0.1, 0.15) is 5.56 Å². The largest absolute Gasteiger partial charge is 0.168 e. The lowest BCUT2D eigenvalue weighted by Gasteiger charge is -2.05. The molecule has 1 unspecified atom stereocenters. The molecular weight excluding hydrogens is 248 g/mol. The number of hydrogen-bond donors (Lipinski definition) is 0. The van der Waals surface area contributed by atoms with Crippen molar-refractivity contribution in [3.63, 3.8) is 0 Å². The van der Waals surface area contributed by atoms with E-state index in [4.69, 9.17) is 0 Å². The van der Waals surface area contributed by atoms with Gasteiger partial charge in [-0.25, -0.2) is 0 Å². The molecular formula is C18H15S+. The van der Waals surface area contributed by atoms with Gasteiger partial charge in [0.1, 0.15) is 5.75 Å². The quantitative estimate of drug-likeness (QED) is 0.570. The van der Waals surface area contributed by atoms with Gasteiger partial charge in [0.2, 0.25) is 0 Å². The van der Waals surface area contributed by atoms with E-state index in [1.54, 1.807) is 10.5 Å². The number of aryl methyl sites for hydroxylation is 1. The summed E-state index contributed by atoms with van der Waals surface area (Å²) in [5.74, 6) is 1.27. The summed E-state index contributed by atoms with van der Waals surface area (Å²) in [6.07, 6.45) is 1.22. The van der Waals surface area contributed by atoms with Crippen molar-refractivity contribution >= 4 is 21.7 Å². The Balaban J connectivity index is 1.93. The molecule has 0 spiro atoms. The summed E-state index contributed by atoms with van der Waals surface area (Å²) < 4.78 is 0. The van der Waals surface area contributed by atoms with Gasteiger partial charge in [0, 0.05) is 17.4 Å². The van der Waals surface area contributed by atoms with Crippen LogP contribution in [0.5, 0.6) is 0 Å². The van der Waals surface area contributed by atoms with E-state index >= 15 is 0 Å². The van der Waals surface area contributed by atoms with Gasteiger partial charge in [-0.15, -0.1) is 0 Å². The fourth-order valence-corrected chi connectivity index (χ4v) is 5.44. The molecule has 19 heavy (non-hydrogen) atoms. The van der Waals surface area contributed by atoms with Crippen molar-refractivity contribution in [3.05, 3.63) is 72.3 Å². The second kappa shape index (κ2) is 4.43. The van der Waals surface area contributed by atoms with Crippen molar-refractivity contribution in [2.45, 2.75) is 16.2 Å². The molecule has 0 fully saturated rings. The average Bonchev–Trinajstić information content (AvgIpc) is 2.90. The van der Waals surface area contributed by atoms with Crippen molar-refractivity contribution in [1.82, 2.24) is 0 Å². The zero-order valence-corrected chi connectivity index (χ0v) is 11.5. The van der Waals surface area contributed by atoms with E-state index in [-0.39, 0.29) is 10.9 Å². The standard InChI is InChI=1S/C18H15S/c1-3-9-16-14(6-1)8-5-11-18(16)19-13-12-15-7-2-4-10-17(15)19/h1-11H,12-13H2/q+1. The Labute approximate surface area is 116 Å². The van der Waals surface area contributed by atoms with Crippen LogP contribution in [-0.2, 0) is 17.3 Å². The molecule has 1 heterocycles. The Morgan fingerprint density at radius 1 is 0.684 bits per heavy atom. The van der Waals surface area contributed by atoms with Gasteiger partial charge < -0.3 is 0 Å². The molecule has 1 aliphatic heterocycles. The Hall–Kier alpha value is -1.73. The van der Waals surface area contributed by atoms with Gasteiger partial charge in [0.05, 0.1) is 10.9 Å². The minimum Gasteiger partial charge on any atom is -0.0616 e. The first kappa shape index (κ1) is 11.1. The van der Waals surface area contributed by atoms with E-state index in [9.17, 15) is 0 Å². The van der Waals surface area contributed by atoms with Crippen LogP contribution in [0.4, 0.5) is 0 Å². The first-order valence-electron chi connectivity index (χ1n) is 6.70. The number of hydrogen-bond acceptors (Lipinski definition) is 0. The summed E-state index contributed by atoms with van der Waals surface area (Å²) in [5, 5.41) is 2.78. The maximum Gasteiger partial charge on any atom is 0.168 e. The molecule has 92 valence electrons. The Bertz CT molecular complexity index is 740. The highest BCUT2D eigenvalue weighted by Crippen LogP contribution is 2.36. The highest BCUT2D eigenvalue weighted by Gasteiger charge is 2.34. The summed E-state index contributed by atoms with van der Waals surface area (Å²) in [5.41, 5.74) is 1.54. The fraction of sp³-hybridized carbons (Fsp3) is 0.111. The first-order valence-corrected chi connectivity index (χ1v) is 8.09. The van der Waals surface area contributed by atoms with Gasteiger partial charge in [-0.2, -0.15) is 0 Å². The zero-order valence-electron chi connectivity index (χ0n) is 10.7. The number of benzene rings is 3. The molecule has 0 bridgehead atoms. The van der Waals surface area contributed by atoms with Crippen LogP contribution >= 0.6 is 0 Å². The third-order valence-electron chi connectivity index (χ3n) is 3.83. The molecule has 0 aromatic heterocycles. The van der Waals surface area contributed by atoms with Crippen LogP contribution in [0.2, 0.25) is 0 Å². The van der Waals surface area contributed by atoms with Crippen molar-refractivity contribution < 1.29 is 0 Å². The number of rotatable bonds is 1. The van der Waals surface area contributed by atoms with Crippen LogP contribution in [0.15, 0.2) is 76.5 Å². The fourth-order valence-electron chi connectivity index (χ4n) is 2.91. The normalized spacial score (nSPS) is 17.6. The third-order valence-corrected chi connectivity index (χ3v) is 6.26. The molecule has 0 saturated heterocycles. The van der Waals surface area contributed by atoms with E-state index in [2.05, 4.69) is 66.7 Å². The maximum atomic E-state index is 2.31. The lowest BCUT2D eigenvalue weighted by Crippen LogP contribution is -2.03. The zero-order chi connectivity index (χ0) is 12.7. The molecule has 1 atom stereocenters. The van der Waals surface area contributed by atoms with Crippen LogP contribution in [0.25, 0.3) is 10.8 Å². The van der Waals surface area contributed by atoms with E-state index < -0.39 is 0 Å². The Kier molecular flexibility index (Phi) is 2.59. The van der Waals surface area contributed by atoms with E-state index in [1.165, 1.54) is 27.8 Å². The Morgan fingerprint density at radius 3 is 2.42 bits per heavy atom. The lowest BCUT2D eigenvalue weighted by molar-refractivity contribution is 1.15. The van der Waals surface area contributed by atoms with Crippen LogP contribution < -0.4 is 0 Å². The molecule has 0 saturated carbocycles. The summed E-state index contributed by atoms with van der Waals surface area (Å²) in [4.78, 5) is 3.07. The topological polar surface area (TPSA) is 0 Å². The smallest absolute Gasteiger partial charge is 0.0616 e. The summed E-state index contributed by atoms with van der Waals surface area (Å²) >= 11 is 0. The van der Waals surface area contributed by atoms with Gasteiger partial charge in [0.15, 0.2) is 9.79 Å². The molecule has 0 amide bonds. The molecule has 0 aliphatic carbocycles. The van der Waals surface area contributed by atoms with Crippen molar-refractivity contribution in [1.29, 1.82) is 0 Å². The molecule has 3 aromatic carbocycles. The van der Waals surface area contributed by atoms with Gasteiger partial charge in [-0.1, -0.05) is 48.5 Å². The maximum absolute atomic E-state index is 2.31. The van der Waals surface area contributed by atoms with Crippen LogP contribution in [-0.4, -0.2) is 5.75 Å². The van der Waals surface area contributed by atoms with Crippen LogP contribution in [0, 0.1) is 0 Å². The SMILES string of the molecule is c1ccc2c(c1)CC[S+]2c1cccc2ccccc12. The molecule has 1 aliphatic rings. The van der Waals surface area contributed by atoms with Crippen molar-refractivity contribution in [2.24, 2.45) is 0 Å². The number of fused-ring (bicyclic) bond motifs is 2. The molecule has 0 N–H and O–H groups in total.